The van der Waals surface area contributed by atoms with Gasteiger partial charge in [0.15, 0.2) is 5.82 Å². The number of hydrogen-bond donors (Lipinski definition) is 2. The molecule has 0 radical (unpaired) electrons. The lowest BCUT2D eigenvalue weighted by atomic mass is 10.2. The van der Waals surface area contributed by atoms with Gasteiger partial charge in [-0.3, -0.25) is 0 Å². The number of anilines is 3. The number of aromatic nitrogens is 2. The van der Waals surface area contributed by atoms with Crippen molar-refractivity contribution in [3.8, 4) is 17.5 Å². The van der Waals surface area contributed by atoms with Crippen LogP contribution in [0, 0.1) is 11.3 Å². The van der Waals surface area contributed by atoms with E-state index in [9.17, 15) is 0 Å². The van der Waals surface area contributed by atoms with Crippen molar-refractivity contribution in [2.75, 3.05) is 10.6 Å². The van der Waals surface area contributed by atoms with E-state index in [0.717, 1.165) is 17.0 Å². The summed E-state index contributed by atoms with van der Waals surface area (Å²) in [5.41, 5.74) is 2.28. The lowest BCUT2D eigenvalue weighted by molar-refractivity contribution is 0.518. The average Bonchev–Trinajstić information content (AvgIpc) is 3.27. The highest BCUT2D eigenvalue weighted by atomic mass is 16.3. The van der Waals surface area contributed by atoms with E-state index in [-0.39, 0.29) is 0 Å². The number of rotatable bonds is 6. The molecule has 0 aliphatic heterocycles. The lowest BCUT2D eigenvalue weighted by Gasteiger charge is -2.11. The zero-order valence-electron chi connectivity index (χ0n) is 15.0. The molecule has 0 spiro atoms. The van der Waals surface area contributed by atoms with Crippen LogP contribution in [0.1, 0.15) is 11.3 Å². The third kappa shape index (κ3) is 4.17. The van der Waals surface area contributed by atoms with Gasteiger partial charge >= 0.3 is 0 Å². The van der Waals surface area contributed by atoms with Crippen LogP contribution in [0.5, 0.6) is 0 Å². The Kier molecular flexibility index (Phi) is 4.98. The Balaban J connectivity index is 1.65. The minimum absolute atomic E-state index is 0.515. The molecule has 4 rings (SSSR count). The normalized spacial score (nSPS) is 10.2. The maximum atomic E-state index is 9.10. The maximum Gasteiger partial charge on any atom is 0.163 e. The molecule has 136 valence electrons. The summed E-state index contributed by atoms with van der Waals surface area (Å²) in [6.45, 7) is 0.515. The molecule has 0 unspecified atom stereocenters. The molecule has 0 amide bonds. The first-order valence-corrected chi connectivity index (χ1v) is 8.78. The van der Waals surface area contributed by atoms with E-state index in [0.29, 0.717) is 29.6 Å². The molecule has 2 N–H and O–H groups in total. The Bertz CT molecular complexity index is 1100. The topological polar surface area (TPSA) is 86.8 Å². The molecule has 0 bridgehead atoms. The van der Waals surface area contributed by atoms with E-state index in [4.69, 9.17) is 9.68 Å². The summed E-state index contributed by atoms with van der Waals surface area (Å²) >= 11 is 0. The number of nitriles is 1. The SMILES string of the molecule is N#Cc1cccc(Nc2cc(NCc3ccco3)nc(-c3ccccc3)n2)c1. The molecule has 28 heavy (non-hydrogen) atoms. The van der Waals surface area contributed by atoms with Crippen molar-refractivity contribution in [2.24, 2.45) is 0 Å². The molecule has 6 heteroatoms. The van der Waals surface area contributed by atoms with Crippen LogP contribution < -0.4 is 10.6 Å². The van der Waals surface area contributed by atoms with Gasteiger partial charge in [-0.1, -0.05) is 36.4 Å². The average molecular weight is 367 g/mol. The Labute approximate surface area is 162 Å². The van der Waals surface area contributed by atoms with Crippen LogP contribution in [-0.4, -0.2) is 9.97 Å². The Morgan fingerprint density at radius 3 is 2.54 bits per heavy atom. The van der Waals surface area contributed by atoms with Gasteiger partial charge in [0.2, 0.25) is 0 Å². The highest BCUT2D eigenvalue weighted by molar-refractivity contribution is 5.65. The number of nitrogens with zero attached hydrogens (tertiary/aromatic N) is 3. The summed E-state index contributed by atoms with van der Waals surface area (Å²) in [6.07, 6.45) is 1.64. The molecule has 0 atom stereocenters. The van der Waals surface area contributed by atoms with Crippen molar-refractivity contribution < 1.29 is 4.42 Å². The van der Waals surface area contributed by atoms with Crippen molar-refractivity contribution in [2.45, 2.75) is 6.54 Å². The van der Waals surface area contributed by atoms with Crippen molar-refractivity contribution in [3.05, 3.63) is 90.4 Å². The van der Waals surface area contributed by atoms with Gasteiger partial charge in [0.1, 0.15) is 17.4 Å². The number of benzene rings is 2. The van der Waals surface area contributed by atoms with Gasteiger partial charge in [-0.15, -0.1) is 0 Å². The first kappa shape index (κ1) is 17.3. The van der Waals surface area contributed by atoms with Gasteiger partial charge in [0.05, 0.1) is 24.4 Å². The fourth-order valence-electron chi connectivity index (χ4n) is 2.72. The van der Waals surface area contributed by atoms with Crippen molar-refractivity contribution in [1.29, 1.82) is 5.26 Å². The van der Waals surface area contributed by atoms with Gasteiger partial charge in [-0.25, -0.2) is 9.97 Å². The summed E-state index contributed by atoms with van der Waals surface area (Å²) in [5.74, 6) is 2.72. The third-order valence-corrected chi connectivity index (χ3v) is 4.05. The van der Waals surface area contributed by atoms with E-state index in [2.05, 4.69) is 26.7 Å². The number of hydrogen-bond acceptors (Lipinski definition) is 6. The summed E-state index contributed by atoms with van der Waals surface area (Å²) in [7, 11) is 0. The highest BCUT2D eigenvalue weighted by Gasteiger charge is 2.08. The number of furan rings is 1. The van der Waals surface area contributed by atoms with Crippen LogP contribution in [0.3, 0.4) is 0 Å². The lowest BCUT2D eigenvalue weighted by Crippen LogP contribution is -2.05. The van der Waals surface area contributed by atoms with Crippen LogP contribution in [0.25, 0.3) is 11.4 Å². The Hall–Kier alpha value is -4.11. The molecule has 0 aliphatic carbocycles. The predicted octanol–water partition coefficient (Wildman–Crippen LogP) is 4.96. The van der Waals surface area contributed by atoms with Crippen LogP contribution in [0.15, 0.2) is 83.5 Å². The zero-order valence-corrected chi connectivity index (χ0v) is 15.0. The van der Waals surface area contributed by atoms with E-state index in [1.807, 2.05) is 60.7 Å². The minimum atomic E-state index is 0.515. The molecule has 6 nitrogen and oxygen atoms in total. The molecule has 0 saturated heterocycles. The summed E-state index contributed by atoms with van der Waals surface area (Å²) in [5, 5.41) is 15.6. The second kappa shape index (κ2) is 8.06. The van der Waals surface area contributed by atoms with Crippen LogP contribution in [0.4, 0.5) is 17.3 Å². The smallest absolute Gasteiger partial charge is 0.163 e. The second-order valence-corrected chi connectivity index (χ2v) is 6.08. The predicted molar refractivity (Wildman–Crippen MR) is 108 cm³/mol. The molecule has 0 aliphatic rings. The van der Waals surface area contributed by atoms with E-state index in [1.165, 1.54) is 0 Å². The van der Waals surface area contributed by atoms with Gasteiger partial charge in [0.25, 0.3) is 0 Å². The second-order valence-electron chi connectivity index (χ2n) is 6.08. The Morgan fingerprint density at radius 1 is 0.893 bits per heavy atom. The summed E-state index contributed by atoms with van der Waals surface area (Å²) < 4.78 is 5.37. The largest absolute Gasteiger partial charge is 0.467 e. The monoisotopic (exact) mass is 367 g/mol. The quantitative estimate of drug-likeness (QED) is 0.501. The first-order chi connectivity index (χ1) is 13.8. The van der Waals surface area contributed by atoms with E-state index in [1.54, 1.807) is 18.4 Å². The molecule has 0 saturated carbocycles. The van der Waals surface area contributed by atoms with Crippen molar-refractivity contribution in [1.82, 2.24) is 9.97 Å². The summed E-state index contributed by atoms with van der Waals surface area (Å²) in [6, 6.07) is 24.8. The molecule has 2 aromatic heterocycles. The van der Waals surface area contributed by atoms with Crippen LogP contribution in [-0.2, 0) is 6.54 Å². The highest BCUT2D eigenvalue weighted by Crippen LogP contribution is 2.23. The Morgan fingerprint density at radius 2 is 1.75 bits per heavy atom. The van der Waals surface area contributed by atoms with Gasteiger partial charge in [0, 0.05) is 17.3 Å². The van der Waals surface area contributed by atoms with E-state index >= 15 is 0 Å². The van der Waals surface area contributed by atoms with Gasteiger partial charge < -0.3 is 15.1 Å². The molecule has 4 aromatic rings. The molecule has 2 heterocycles. The molecule has 2 aromatic carbocycles. The van der Waals surface area contributed by atoms with Crippen molar-refractivity contribution in [3.63, 3.8) is 0 Å². The van der Waals surface area contributed by atoms with Crippen LogP contribution in [0.2, 0.25) is 0 Å². The zero-order chi connectivity index (χ0) is 19.2. The fourth-order valence-corrected chi connectivity index (χ4v) is 2.72. The van der Waals surface area contributed by atoms with E-state index < -0.39 is 0 Å². The fraction of sp³-hybridized carbons (Fsp3) is 0.0455. The minimum Gasteiger partial charge on any atom is -0.467 e. The standard InChI is InChI=1S/C22H17N5O/c23-14-16-6-4-9-18(12-16)25-21-13-20(24-15-19-10-5-11-28-19)26-22(27-21)17-7-2-1-3-8-17/h1-13H,15H2,(H2,24,25,26,27). The first-order valence-electron chi connectivity index (χ1n) is 8.78. The maximum absolute atomic E-state index is 9.10. The molecular weight excluding hydrogens is 350 g/mol. The molecule has 0 fully saturated rings. The van der Waals surface area contributed by atoms with Crippen molar-refractivity contribution >= 4 is 17.3 Å². The molecular formula is C22H17N5O. The third-order valence-electron chi connectivity index (χ3n) is 4.05. The van der Waals surface area contributed by atoms with Gasteiger partial charge in [-0.05, 0) is 30.3 Å². The summed E-state index contributed by atoms with van der Waals surface area (Å²) in [4.78, 5) is 9.25. The van der Waals surface area contributed by atoms with Gasteiger partial charge in [-0.2, -0.15) is 5.26 Å². The van der Waals surface area contributed by atoms with Crippen LogP contribution >= 0.6 is 0 Å². The number of nitrogens with one attached hydrogen (secondary N) is 2.